The van der Waals surface area contributed by atoms with Crippen LogP contribution in [0.4, 0.5) is 5.69 Å². The molecule has 0 radical (unpaired) electrons. The third kappa shape index (κ3) is 4.32. The Labute approximate surface area is 132 Å². The van der Waals surface area contributed by atoms with Crippen molar-refractivity contribution in [3.8, 4) is 0 Å². The number of benzene rings is 1. The van der Waals surface area contributed by atoms with Crippen molar-refractivity contribution in [1.29, 1.82) is 0 Å². The monoisotopic (exact) mass is 319 g/mol. The summed E-state index contributed by atoms with van der Waals surface area (Å²) in [6.07, 6.45) is 0.957. The number of hydrogen-bond donors (Lipinski definition) is 3. The summed E-state index contributed by atoms with van der Waals surface area (Å²) < 4.78 is 0. The number of carbonyl (C=O) groups excluding carboxylic acids is 2. The molecule has 1 aliphatic heterocycles. The summed E-state index contributed by atoms with van der Waals surface area (Å²) in [6.45, 7) is 2.06. The third-order valence-electron chi connectivity index (χ3n) is 2.97. The van der Waals surface area contributed by atoms with Gasteiger partial charge in [-0.2, -0.15) is 9.98 Å². The van der Waals surface area contributed by atoms with E-state index < -0.39 is 11.2 Å². The van der Waals surface area contributed by atoms with Crippen LogP contribution in [0.5, 0.6) is 0 Å². The molecule has 0 spiro atoms. The molecule has 2 rings (SSSR count). The minimum absolute atomic E-state index is 0.0199. The molecule has 7 nitrogen and oxygen atoms in total. The zero-order valence-electron chi connectivity index (χ0n) is 12.1. The normalized spacial score (nSPS) is 17.0. The summed E-state index contributed by atoms with van der Waals surface area (Å²) in [5, 5.41) is 2.36. The lowest BCUT2D eigenvalue weighted by Gasteiger charge is -2.08. The number of carbonyl (C=O) groups is 2. The van der Waals surface area contributed by atoms with Gasteiger partial charge in [0.05, 0.1) is 0 Å². The quantitative estimate of drug-likeness (QED) is 0.561. The Hall–Kier alpha value is -2.35. The average molecular weight is 319 g/mol. The Kier molecular flexibility index (Phi) is 5.16. The number of aryl methyl sites for hydroxylation is 1. The van der Waals surface area contributed by atoms with E-state index in [1.807, 2.05) is 24.3 Å². The molecule has 0 fully saturated rings. The van der Waals surface area contributed by atoms with Crippen molar-refractivity contribution in [3.05, 3.63) is 29.8 Å². The van der Waals surface area contributed by atoms with Crippen molar-refractivity contribution in [2.75, 3.05) is 5.32 Å². The Morgan fingerprint density at radius 3 is 2.64 bits per heavy atom. The third-order valence-corrected chi connectivity index (χ3v) is 4.02. The van der Waals surface area contributed by atoms with E-state index in [0.29, 0.717) is 5.69 Å². The molecule has 5 N–H and O–H groups in total. The first-order chi connectivity index (χ1) is 10.5. The number of amidine groups is 1. The Morgan fingerprint density at radius 2 is 2.05 bits per heavy atom. The number of aliphatic imine (C=N–C) groups is 2. The van der Waals surface area contributed by atoms with Gasteiger partial charge in [-0.3, -0.25) is 9.59 Å². The average Bonchev–Trinajstić information content (AvgIpc) is 2.78. The highest BCUT2D eigenvalue weighted by atomic mass is 32.2. The Bertz CT molecular complexity index is 635. The topological polar surface area (TPSA) is 123 Å². The molecule has 1 unspecified atom stereocenters. The maximum Gasteiger partial charge on any atom is 0.262 e. The van der Waals surface area contributed by atoms with Gasteiger partial charge in [0.15, 0.2) is 11.1 Å². The minimum Gasteiger partial charge on any atom is -0.370 e. The van der Waals surface area contributed by atoms with Crippen LogP contribution >= 0.6 is 11.8 Å². The molecule has 8 heteroatoms. The number of nitrogens with zero attached hydrogens (tertiary/aromatic N) is 2. The molecule has 0 saturated carbocycles. The predicted molar refractivity (Wildman–Crippen MR) is 88.7 cm³/mol. The summed E-state index contributed by atoms with van der Waals surface area (Å²) in [5.41, 5.74) is 12.4. The smallest absolute Gasteiger partial charge is 0.262 e. The lowest BCUT2D eigenvalue weighted by Crippen LogP contribution is -2.23. The molecular formula is C14H17N5O2S. The van der Waals surface area contributed by atoms with Gasteiger partial charge in [0.2, 0.25) is 5.91 Å². The fourth-order valence-corrected chi connectivity index (χ4v) is 2.81. The van der Waals surface area contributed by atoms with E-state index in [1.165, 1.54) is 5.56 Å². The maximum atomic E-state index is 12.0. The van der Waals surface area contributed by atoms with Crippen LogP contribution in [-0.4, -0.2) is 28.2 Å². The zero-order chi connectivity index (χ0) is 16.1. The van der Waals surface area contributed by atoms with Crippen molar-refractivity contribution in [2.24, 2.45) is 21.5 Å². The van der Waals surface area contributed by atoms with Crippen molar-refractivity contribution < 1.29 is 9.59 Å². The van der Waals surface area contributed by atoms with Crippen LogP contribution in [-0.2, 0) is 16.0 Å². The van der Waals surface area contributed by atoms with E-state index in [4.69, 9.17) is 11.5 Å². The molecule has 1 aromatic carbocycles. The lowest BCUT2D eigenvalue weighted by atomic mass is 10.1. The molecule has 0 aliphatic carbocycles. The maximum absolute atomic E-state index is 12.0. The van der Waals surface area contributed by atoms with Crippen LogP contribution in [0, 0.1) is 0 Å². The second-order valence-corrected chi connectivity index (χ2v) is 5.85. The summed E-state index contributed by atoms with van der Waals surface area (Å²) >= 11 is 1.08. The summed E-state index contributed by atoms with van der Waals surface area (Å²) in [4.78, 5) is 31.1. The van der Waals surface area contributed by atoms with Crippen molar-refractivity contribution in [3.63, 3.8) is 0 Å². The first-order valence-electron chi connectivity index (χ1n) is 6.75. The standard InChI is InChI=1S/C14H17N5O2S/c1-2-8-3-5-9(6-4-8)17-11(20)7-10-12(21)18-14(22-10)19-13(15)16/h3-6,10H,2,7H2,1H3,(H,17,20)(H4,15,16,18,19,21). The van der Waals surface area contributed by atoms with Crippen molar-refractivity contribution in [1.82, 2.24) is 0 Å². The Morgan fingerprint density at radius 1 is 1.36 bits per heavy atom. The van der Waals surface area contributed by atoms with Crippen LogP contribution in [0.2, 0.25) is 0 Å². The number of anilines is 1. The highest BCUT2D eigenvalue weighted by Crippen LogP contribution is 2.26. The molecule has 116 valence electrons. The molecule has 1 heterocycles. The molecular weight excluding hydrogens is 302 g/mol. The SMILES string of the molecule is CCc1ccc(NC(=O)CC2SC(N=C(N)N)=NC2=O)cc1. The van der Waals surface area contributed by atoms with Gasteiger partial charge in [0.1, 0.15) is 5.25 Å². The van der Waals surface area contributed by atoms with Gasteiger partial charge in [0.25, 0.3) is 5.91 Å². The van der Waals surface area contributed by atoms with Gasteiger partial charge in [0, 0.05) is 12.1 Å². The van der Waals surface area contributed by atoms with Crippen LogP contribution < -0.4 is 16.8 Å². The molecule has 22 heavy (non-hydrogen) atoms. The lowest BCUT2D eigenvalue weighted by molar-refractivity contribution is -0.121. The van der Waals surface area contributed by atoms with E-state index in [1.54, 1.807) is 0 Å². The summed E-state index contributed by atoms with van der Waals surface area (Å²) in [5.74, 6) is -0.821. The number of nitrogens with two attached hydrogens (primary N) is 2. The molecule has 0 aromatic heterocycles. The molecule has 0 saturated heterocycles. The second kappa shape index (κ2) is 7.08. The van der Waals surface area contributed by atoms with E-state index >= 15 is 0 Å². The molecule has 1 aliphatic rings. The van der Waals surface area contributed by atoms with E-state index in [2.05, 4.69) is 22.2 Å². The van der Waals surface area contributed by atoms with Crippen molar-refractivity contribution in [2.45, 2.75) is 25.0 Å². The van der Waals surface area contributed by atoms with E-state index in [0.717, 1.165) is 18.2 Å². The van der Waals surface area contributed by atoms with Gasteiger partial charge in [-0.25, -0.2) is 0 Å². The number of guanidine groups is 1. The van der Waals surface area contributed by atoms with Crippen LogP contribution in [0.15, 0.2) is 34.3 Å². The van der Waals surface area contributed by atoms with Gasteiger partial charge >= 0.3 is 0 Å². The molecule has 0 bridgehead atoms. The highest BCUT2D eigenvalue weighted by molar-refractivity contribution is 8.15. The van der Waals surface area contributed by atoms with Crippen LogP contribution in [0.1, 0.15) is 18.9 Å². The number of amides is 2. The van der Waals surface area contributed by atoms with Gasteiger partial charge in [-0.15, -0.1) is 0 Å². The van der Waals surface area contributed by atoms with Gasteiger partial charge in [-0.05, 0) is 24.1 Å². The van der Waals surface area contributed by atoms with Crippen LogP contribution in [0.25, 0.3) is 0 Å². The minimum atomic E-state index is -0.590. The Balaban J connectivity index is 1.90. The first kappa shape index (κ1) is 16.0. The highest BCUT2D eigenvalue weighted by Gasteiger charge is 2.30. The molecule has 2 amide bonds. The van der Waals surface area contributed by atoms with E-state index in [9.17, 15) is 9.59 Å². The number of thioether (sulfide) groups is 1. The predicted octanol–water partition coefficient (Wildman–Crippen LogP) is 0.849. The number of nitrogens with one attached hydrogen (secondary N) is 1. The molecule has 1 atom stereocenters. The molecule has 1 aromatic rings. The summed E-state index contributed by atoms with van der Waals surface area (Å²) in [6, 6.07) is 7.57. The van der Waals surface area contributed by atoms with E-state index in [-0.39, 0.29) is 23.5 Å². The first-order valence-corrected chi connectivity index (χ1v) is 7.63. The van der Waals surface area contributed by atoms with Gasteiger partial charge < -0.3 is 16.8 Å². The van der Waals surface area contributed by atoms with Crippen molar-refractivity contribution >= 4 is 40.4 Å². The number of hydrogen-bond acceptors (Lipinski definition) is 4. The van der Waals surface area contributed by atoms with Crippen LogP contribution in [0.3, 0.4) is 0 Å². The second-order valence-electron chi connectivity index (χ2n) is 4.68. The summed E-state index contributed by atoms with van der Waals surface area (Å²) in [7, 11) is 0. The zero-order valence-corrected chi connectivity index (χ0v) is 12.9. The van der Waals surface area contributed by atoms with Gasteiger partial charge in [-0.1, -0.05) is 30.8 Å². The fraction of sp³-hybridized carbons (Fsp3) is 0.286. The number of rotatable bonds is 4. The fourth-order valence-electron chi connectivity index (χ4n) is 1.87. The largest absolute Gasteiger partial charge is 0.370 e.